The second-order valence-corrected chi connectivity index (χ2v) is 32.9. The van der Waals surface area contributed by atoms with E-state index in [0.29, 0.717) is 31.6 Å². The van der Waals surface area contributed by atoms with Gasteiger partial charge < -0.3 is 33.8 Å². The highest BCUT2D eigenvalue weighted by Crippen LogP contribution is 2.45. The van der Waals surface area contributed by atoms with Crippen molar-refractivity contribution in [2.24, 2.45) is 23.7 Å². The van der Waals surface area contributed by atoms with Crippen molar-refractivity contribution in [2.45, 2.75) is 414 Å². The summed E-state index contributed by atoms with van der Waals surface area (Å²) in [5.41, 5.74) is 0. The van der Waals surface area contributed by atoms with Crippen LogP contribution in [0.3, 0.4) is 0 Å². The molecule has 576 valence electrons. The van der Waals surface area contributed by atoms with Crippen LogP contribution < -0.4 is 0 Å². The highest BCUT2D eigenvalue weighted by molar-refractivity contribution is 7.47. The van der Waals surface area contributed by atoms with Gasteiger partial charge in [0.1, 0.15) is 19.3 Å². The second kappa shape index (κ2) is 67.2. The Balaban J connectivity index is 5.19. The van der Waals surface area contributed by atoms with Gasteiger partial charge in [0, 0.05) is 25.7 Å². The topological polar surface area (TPSA) is 237 Å². The third-order valence-electron chi connectivity index (χ3n) is 18.1. The molecule has 0 aromatic rings. The zero-order valence-corrected chi connectivity index (χ0v) is 65.5. The molecule has 3 N–H and O–H groups in total. The fourth-order valence-electron chi connectivity index (χ4n) is 11.9. The van der Waals surface area contributed by atoms with Gasteiger partial charge in [-0.05, 0) is 49.4 Å². The molecule has 0 saturated heterocycles. The van der Waals surface area contributed by atoms with Gasteiger partial charge in [0.2, 0.25) is 0 Å². The van der Waals surface area contributed by atoms with E-state index in [1.54, 1.807) is 0 Å². The van der Waals surface area contributed by atoms with E-state index in [1.807, 2.05) is 0 Å². The maximum Gasteiger partial charge on any atom is 0.472 e. The summed E-state index contributed by atoms with van der Waals surface area (Å²) in [6.45, 7) is 14.2. The van der Waals surface area contributed by atoms with Crippen molar-refractivity contribution in [3.8, 4) is 0 Å². The fraction of sp³-hybridized carbons (Fsp3) is 0.949. The van der Waals surface area contributed by atoms with Gasteiger partial charge in [-0.2, -0.15) is 0 Å². The fourth-order valence-corrected chi connectivity index (χ4v) is 13.5. The van der Waals surface area contributed by atoms with Crippen molar-refractivity contribution >= 4 is 39.5 Å². The van der Waals surface area contributed by atoms with E-state index in [2.05, 4.69) is 55.4 Å². The monoisotopic (exact) mass is 1420 g/mol. The Bertz CT molecular complexity index is 1900. The Hall–Kier alpha value is -1.94. The zero-order valence-electron chi connectivity index (χ0n) is 63.7. The van der Waals surface area contributed by atoms with Crippen LogP contribution in [0.5, 0.6) is 0 Å². The van der Waals surface area contributed by atoms with Gasteiger partial charge in [-0.1, -0.05) is 344 Å². The number of aliphatic hydroxyl groups is 1. The minimum absolute atomic E-state index is 0.105. The molecule has 0 rings (SSSR count). The van der Waals surface area contributed by atoms with Crippen molar-refractivity contribution in [3.05, 3.63) is 0 Å². The lowest BCUT2D eigenvalue weighted by molar-refractivity contribution is -0.161. The first-order valence-electron chi connectivity index (χ1n) is 40.2. The lowest BCUT2D eigenvalue weighted by Crippen LogP contribution is -2.30. The number of phosphoric acid groups is 2. The van der Waals surface area contributed by atoms with Crippen LogP contribution >= 0.6 is 15.6 Å². The molecule has 2 unspecified atom stereocenters. The smallest absolute Gasteiger partial charge is 0.462 e. The van der Waals surface area contributed by atoms with E-state index < -0.39 is 97.5 Å². The maximum absolute atomic E-state index is 13.1. The van der Waals surface area contributed by atoms with Gasteiger partial charge in [0.15, 0.2) is 12.2 Å². The number of ether oxygens (including phenoxy) is 4. The molecule has 0 aliphatic heterocycles. The maximum atomic E-state index is 13.1. The van der Waals surface area contributed by atoms with Gasteiger partial charge in [0.05, 0.1) is 26.4 Å². The van der Waals surface area contributed by atoms with Crippen LogP contribution in [0.1, 0.15) is 396 Å². The number of esters is 4. The van der Waals surface area contributed by atoms with Gasteiger partial charge in [-0.3, -0.25) is 37.3 Å². The molecule has 0 aliphatic carbocycles. The van der Waals surface area contributed by atoms with Crippen molar-refractivity contribution in [3.63, 3.8) is 0 Å². The molecule has 0 bridgehead atoms. The van der Waals surface area contributed by atoms with Crippen LogP contribution in [-0.4, -0.2) is 96.7 Å². The molecule has 5 atom stereocenters. The molecule has 0 spiro atoms. The normalized spacial score (nSPS) is 14.1. The van der Waals surface area contributed by atoms with Gasteiger partial charge in [0.25, 0.3) is 0 Å². The minimum Gasteiger partial charge on any atom is -0.462 e. The molecule has 0 amide bonds. The molecule has 0 aliphatic rings. The molecule has 0 heterocycles. The van der Waals surface area contributed by atoms with E-state index in [9.17, 15) is 43.2 Å². The molecule has 19 heteroatoms. The Labute approximate surface area is 594 Å². The number of carbonyl (C=O) groups is 4. The quantitative estimate of drug-likeness (QED) is 0.0222. The van der Waals surface area contributed by atoms with Crippen LogP contribution in [0.15, 0.2) is 0 Å². The Kier molecular flexibility index (Phi) is 65.9. The SMILES string of the molecule is CC(C)CCCCCCCCCCCCCCCCCCCCC(=O)O[C@H](COC(=O)CCCCCCCCCCCC(C)C)COP(=O)(O)OC[C@@H](O)COP(=O)(O)OC[C@@H](COC(=O)CCCCCCCCC(C)C)OC(=O)CCCCCCCCCCCCCCC(C)C. The van der Waals surface area contributed by atoms with E-state index in [0.717, 1.165) is 114 Å². The summed E-state index contributed by atoms with van der Waals surface area (Å²) in [6, 6.07) is 0. The highest BCUT2D eigenvalue weighted by Gasteiger charge is 2.30. The standard InChI is InChI=1S/C78H152O17P2/c1-68(2)54-46-38-30-24-19-15-13-11-9-10-12-14-16-21-27-34-44-52-60-77(82)94-73(64-88-75(80)58-50-42-33-29-23-26-32-40-48-56-70(5)6)66-92-96(84,85)90-62-72(79)63-91-97(86,87)93-67-74(65-89-76(81)59-51-43-37-36-41-49-57-71(7)8)95-78(83)61-53-45-35-28-22-18-17-20-25-31-39-47-55-69(3)4/h68-74,79H,9-67H2,1-8H3,(H,84,85)(H,86,87)/t72-,73-,74-/m1/s1. The average molecular weight is 1420 g/mol. The molecule has 0 saturated carbocycles. The van der Waals surface area contributed by atoms with Crippen molar-refractivity contribution in [1.82, 2.24) is 0 Å². The second-order valence-electron chi connectivity index (χ2n) is 30.0. The van der Waals surface area contributed by atoms with E-state index >= 15 is 0 Å². The van der Waals surface area contributed by atoms with Crippen LogP contribution in [0.2, 0.25) is 0 Å². The third-order valence-corrected chi connectivity index (χ3v) is 20.0. The molecule has 0 aromatic carbocycles. The first kappa shape index (κ1) is 95.1. The Morgan fingerprint density at radius 3 is 0.639 bits per heavy atom. The first-order valence-corrected chi connectivity index (χ1v) is 43.2. The molecule has 0 fully saturated rings. The summed E-state index contributed by atoms with van der Waals surface area (Å²) >= 11 is 0. The number of hydrogen-bond donors (Lipinski definition) is 3. The van der Waals surface area contributed by atoms with E-state index in [-0.39, 0.29) is 25.7 Å². The Morgan fingerprint density at radius 2 is 0.433 bits per heavy atom. The predicted octanol–water partition coefficient (Wildman–Crippen LogP) is 22.8. The van der Waals surface area contributed by atoms with Gasteiger partial charge >= 0.3 is 39.5 Å². The number of carbonyl (C=O) groups excluding carboxylic acids is 4. The number of phosphoric ester groups is 2. The lowest BCUT2D eigenvalue weighted by Gasteiger charge is -2.21. The number of unbranched alkanes of at least 4 members (excludes halogenated alkanes) is 41. The molecular formula is C78H152O17P2. The molecule has 0 aromatic heterocycles. The predicted molar refractivity (Wildman–Crippen MR) is 395 cm³/mol. The van der Waals surface area contributed by atoms with Crippen molar-refractivity contribution in [2.75, 3.05) is 39.6 Å². The molecule has 17 nitrogen and oxygen atoms in total. The summed E-state index contributed by atoms with van der Waals surface area (Å²) in [5, 5.41) is 10.6. The van der Waals surface area contributed by atoms with Gasteiger partial charge in [-0.25, -0.2) is 9.13 Å². The highest BCUT2D eigenvalue weighted by atomic mass is 31.2. The molecular weight excluding hydrogens is 1270 g/mol. The number of hydrogen-bond acceptors (Lipinski definition) is 15. The molecule has 97 heavy (non-hydrogen) atoms. The largest absolute Gasteiger partial charge is 0.472 e. The summed E-state index contributed by atoms with van der Waals surface area (Å²) < 4.78 is 68.5. The van der Waals surface area contributed by atoms with Crippen LogP contribution in [0.4, 0.5) is 0 Å². The van der Waals surface area contributed by atoms with Crippen LogP contribution in [-0.2, 0) is 65.4 Å². The zero-order chi connectivity index (χ0) is 71.7. The summed E-state index contributed by atoms with van der Waals surface area (Å²) in [4.78, 5) is 72.8. The summed E-state index contributed by atoms with van der Waals surface area (Å²) in [5.74, 6) is 0.899. The van der Waals surface area contributed by atoms with Gasteiger partial charge in [-0.15, -0.1) is 0 Å². The van der Waals surface area contributed by atoms with E-state index in [1.165, 1.54) is 193 Å². The molecule has 0 radical (unpaired) electrons. The summed E-state index contributed by atoms with van der Waals surface area (Å²) in [7, 11) is -9.91. The first-order chi connectivity index (χ1) is 46.6. The van der Waals surface area contributed by atoms with Crippen LogP contribution in [0, 0.1) is 23.7 Å². The van der Waals surface area contributed by atoms with Crippen LogP contribution in [0.25, 0.3) is 0 Å². The minimum atomic E-state index is -4.96. The average Bonchev–Trinajstić information content (AvgIpc) is 1.41. The third kappa shape index (κ3) is 72.2. The van der Waals surface area contributed by atoms with Crippen molar-refractivity contribution in [1.29, 1.82) is 0 Å². The number of rotatable bonds is 75. The van der Waals surface area contributed by atoms with E-state index in [4.69, 9.17) is 37.0 Å². The number of aliphatic hydroxyl groups excluding tert-OH is 1. The lowest BCUT2D eigenvalue weighted by atomic mass is 10.0. The summed E-state index contributed by atoms with van der Waals surface area (Å²) in [6.07, 6.45) is 53.0. The van der Waals surface area contributed by atoms with Crippen molar-refractivity contribution < 1.29 is 80.2 Å². The Morgan fingerprint density at radius 1 is 0.258 bits per heavy atom.